The van der Waals surface area contributed by atoms with Crippen LogP contribution in [0.2, 0.25) is 0 Å². The lowest BCUT2D eigenvalue weighted by Gasteiger charge is -2.35. The number of rotatable bonds is 5. The molecule has 4 rings (SSSR count). The second kappa shape index (κ2) is 7.68. The molecule has 8 heteroatoms. The summed E-state index contributed by atoms with van der Waals surface area (Å²) in [6.07, 6.45) is 2.35. The van der Waals surface area contributed by atoms with Crippen LogP contribution in [0.5, 0.6) is 17.2 Å². The Morgan fingerprint density at radius 2 is 2.13 bits per heavy atom. The minimum Gasteiger partial charge on any atom is -0.507 e. The third-order valence-electron chi connectivity index (χ3n) is 6.00. The number of aryl methyl sites for hydroxylation is 2. The first-order valence-electron chi connectivity index (χ1n) is 9.95. The van der Waals surface area contributed by atoms with E-state index in [0.29, 0.717) is 28.5 Å². The molecule has 0 saturated carbocycles. The number of ether oxygens (including phenoxy) is 3. The van der Waals surface area contributed by atoms with Crippen LogP contribution in [-0.2, 0) is 18.3 Å². The zero-order valence-electron chi connectivity index (χ0n) is 18.0. The van der Waals surface area contributed by atoms with Gasteiger partial charge in [-0.15, -0.1) is 0 Å². The predicted octanol–water partition coefficient (Wildman–Crippen LogP) is 2.86. The molecule has 0 aliphatic carbocycles. The SMILES string of the molecule is COc1c2c(cc3c1[C@@H](CC(=O)C=C(O)c1c(C)nn(C)c1C)N(C)CC3)OCO2. The minimum atomic E-state index is -0.189. The largest absolute Gasteiger partial charge is 0.507 e. The zero-order chi connectivity index (χ0) is 21.6. The van der Waals surface area contributed by atoms with Crippen LogP contribution in [0.25, 0.3) is 5.76 Å². The fourth-order valence-corrected chi connectivity index (χ4v) is 4.40. The van der Waals surface area contributed by atoms with Gasteiger partial charge in [0.15, 0.2) is 17.3 Å². The lowest BCUT2D eigenvalue weighted by molar-refractivity contribution is -0.115. The smallest absolute Gasteiger partial charge is 0.231 e. The fraction of sp³-hybridized carbons (Fsp3) is 0.455. The van der Waals surface area contributed by atoms with Gasteiger partial charge in [0.05, 0.1) is 18.4 Å². The van der Waals surface area contributed by atoms with Gasteiger partial charge in [0.2, 0.25) is 12.5 Å². The number of nitrogens with zero attached hydrogens (tertiary/aromatic N) is 3. The summed E-state index contributed by atoms with van der Waals surface area (Å²) in [5, 5.41) is 14.9. The first-order chi connectivity index (χ1) is 14.3. The van der Waals surface area contributed by atoms with Crippen molar-refractivity contribution >= 4 is 11.5 Å². The predicted molar refractivity (Wildman–Crippen MR) is 111 cm³/mol. The number of aromatic nitrogens is 2. The standard InChI is InChI=1S/C22H27N3O5/c1-12-19(13(2)25(4)23-12)17(27)10-15(26)9-16-20-14(6-7-24(16)3)8-18-21(22(20)28-5)30-11-29-18/h8,10,16,27H,6-7,9,11H2,1-5H3/t16-/m1/s1. The van der Waals surface area contributed by atoms with E-state index in [1.165, 1.54) is 6.08 Å². The number of benzene rings is 1. The lowest BCUT2D eigenvalue weighted by Crippen LogP contribution is -2.33. The number of allylic oxidation sites excluding steroid dienone is 1. The van der Waals surface area contributed by atoms with Crippen molar-refractivity contribution in [3.63, 3.8) is 0 Å². The van der Waals surface area contributed by atoms with Gasteiger partial charge in [-0.05, 0) is 38.9 Å². The molecule has 2 aromatic rings. The molecule has 0 bridgehead atoms. The molecule has 0 saturated heterocycles. The Labute approximate surface area is 175 Å². The van der Waals surface area contributed by atoms with Crippen LogP contribution < -0.4 is 14.2 Å². The highest BCUT2D eigenvalue weighted by Gasteiger charge is 2.34. The van der Waals surface area contributed by atoms with Gasteiger partial charge in [-0.3, -0.25) is 14.4 Å². The molecule has 0 radical (unpaired) electrons. The lowest BCUT2D eigenvalue weighted by atomic mass is 9.88. The van der Waals surface area contributed by atoms with E-state index in [1.54, 1.807) is 11.8 Å². The molecule has 0 unspecified atom stereocenters. The van der Waals surface area contributed by atoms with Crippen molar-refractivity contribution in [3.05, 3.63) is 40.2 Å². The van der Waals surface area contributed by atoms with E-state index in [1.807, 2.05) is 34.0 Å². The van der Waals surface area contributed by atoms with E-state index in [4.69, 9.17) is 14.2 Å². The molecule has 160 valence electrons. The van der Waals surface area contributed by atoms with Crippen LogP contribution in [0.1, 0.15) is 40.5 Å². The van der Waals surface area contributed by atoms with Crippen LogP contribution in [0.15, 0.2) is 12.1 Å². The minimum absolute atomic E-state index is 0.0561. The summed E-state index contributed by atoms with van der Waals surface area (Å²) in [5.74, 6) is 1.67. The quantitative estimate of drug-likeness (QED) is 0.596. The van der Waals surface area contributed by atoms with E-state index in [0.717, 1.165) is 29.8 Å². The van der Waals surface area contributed by atoms with Crippen molar-refractivity contribution in [3.8, 4) is 17.2 Å². The molecular weight excluding hydrogens is 386 g/mol. The van der Waals surface area contributed by atoms with Crippen LogP contribution in [-0.4, -0.2) is 53.1 Å². The van der Waals surface area contributed by atoms with E-state index in [9.17, 15) is 9.90 Å². The molecule has 0 fully saturated rings. The average Bonchev–Trinajstić information content (AvgIpc) is 3.26. The maximum atomic E-state index is 12.9. The Morgan fingerprint density at radius 3 is 2.80 bits per heavy atom. The number of carbonyl (C=O) groups is 1. The van der Waals surface area contributed by atoms with Gasteiger partial charge in [0.25, 0.3) is 0 Å². The molecule has 3 heterocycles. The second-order valence-corrected chi connectivity index (χ2v) is 7.83. The molecule has 1 aromatic heterocycles. The molecule has 30 heavy (non-hydrogen) atoms. The molecule has 0 amide bonds. The van der Waals surface area contributed by atoms with Crippen molar-refractivity contribution in [2.75, 3.05) is 27.5 Å². The number of fused-ring (bicyclic) bond motifs is 2. The van der Waals surface area contributed by atoms with Crippen LogP contribution >= 0.6 is 0 Å². The summed E-state index contributed by atoms with van der Waals surface area (Å²) in [6, 6.07) is 1.80. The fourth-order valence-electron chi connectivity index (χ4n) is 4.40. The Kier molecular flexibility index (Phi) is 5.19. The third kappa shape index (κ3) is 3.31. The zero-order valence-corrected chi connectivity index (χ0v) is 18.0. The highest BCUT2D eigenvalue weighted by Crippen LogP contribution is 2.50. The summed E-state index contributed by atoms with van der Waals surface area (Å²) >= 11 is 0. The molecule has 2 aliphatic rings. The number of hydrogen-bond acceptors (Lipinski definition) is 7. The van der Waals surface area contributed by atoms with Gasteiger partial charge >= 0.3 is 0 Å². The van der Waals surface area contributed by atoms with Crippen LogP contribution in [0.4, 0.5) is 0 Å². The Morgan fingerprint density at radius 1 is 1.37 bits per heavy atom. The Bertz CT molecular complexity index is 1040. The Balaban J connectivity index is 1.66. The van der Waals surface area contributed by atoms with Crippen molar-refractivity contribution in [1.29, 1.82) is 0 Å². The summed E-state index contributed by atoms with van der Waals surface area (Å²) < 4.78 is 18.5. The third-order valence-corrected chi connectivity index (χ3v) is 6.00. The molecule has 0 spiro atoms. The van der Waals surface area contributed by atoms with E-state index >= 15 is 0 Å². The van der Waals surface area contributed by atoms with Gasteiger partial charge in [-0.2, -0.15) is 5.10 Å². The van der Waals surface area contributed by atoms with Crippen LogP contribution in [0, 0.1) is 13.8 Å². The van der Waals surface area contributed by atoms with Crippen molar-refractivity contribution < 1.29 is 24.1 Å². The van der Waals surface area contributed by atoms with Crippen LogP contribution in [0.3, 0.4) is 0 Å². The summed E-state index contributed by atoms with van der Waals surface area (Å²) in [5.41, 5.74) is 4.14. The number of likely N-dealkylation sites (N-methyl/N-ethyl adjacent to an activating group) is 1. The molecule has 2 aliphatic heterocycles. The Hall–Kier alpha value is -3.00. The number of aliphatic hydroxyl groups excluding tert-OH is 1. The average molecular weight is 413 g/mol. The van der Waals surface area contributed by atoms with E-state index in [-0.39, 0.29) is 30.8 Å². The highest BCUT2D eigenvalue weighted by molar-refractivity contribution is 5.96. The van der Waals surface area contributed by atoms with E-state index < -0.39 is 0 Å². The monoisotopic (exact) mass is 413 g/mol. The number of aliphatic hydroxyl groups is 1. The summed E-state index contributed by atoms with van der Waals surface area (Å²) in [7, 11) is 5.40. The van der Waals surface area contributed by atoms with Crippen molar-refractivity contribution in [2.24, 2.45) is 7.05 Å². The first kappa shape index (κ1) is 20.3. The molecule has 8 nitrogen and oxygen atoms in total. The second-order valence-electron chi connectivity index (χ2n) is 7.83. The van der Waals surface area contributed by atoms with Gasteiger partial charge in [-0.25, -0.2) is 0 Å². The van der Waals surface area contributed by atoms with Crippen molar-refractivity contribution in [2.45, 2.75) is 32.7 Å². The van der Waals surface area contributed by atoms with Gasteiger partial charge in [0.1, 0.15) is 5.76 Å². The molecule has 1 atom stereocenters. The van der Waals surface area contributed by atoms with Gasteiger partial charge in [-0.1, -0.05) is 0 Å². The van der Waals surface area contributed by atoms with E-state index in [2.05, 4.69) is 10.00 Å². The maximum absolute atomic E-state index is 12.9. The summed E-state index contributed by atoms with van der Waals surface area (Å²) in [4.78, 5) is 15.1. The summed E-state index contributed by atoms with van der Waals surface area (Å²) in [6.45, 7) is 4.65. The topological polar surface area (TPSA) is 86.0 Å². The van der Waals surface area contributed by atoms with Gasteiger partial charge < -0.3 is 19.3 Å². The molecule has 1 N–H and O–H groups in total. The normalized spacial score (nSPS) is 18.4. The highest BCUT2D eigenvalue weighted by atomic mass is 16.7. The number of carbonyl (C=O) groups excluding carboxylic acids is 1. The molecule has 1 aromatic carbocycles. The first-order valence-corrected chi connectivity index (χ1v) is 9.95. The molecular formula is C22H27N3O5. The van der Waals surface area contributed by atoms with Crippen molar-refractivity contribution in [1.82, 2.24) is 14.7 Å². The number of ketones is 1. The van der Waals surface area contributed by atoms with Gasteiger partial charge in [0, 0.05) is 43.4 Å². The maximum Gasteiger partial charge on any atom is 0.231 e. The number of hydrogen-bond donors (Lipinski definition) is 1. The number of methoxy groups -OCH3 is 1.